The molecule has 7 heteroatoms. The lowest BCUT2D eigenvalue weighted by Crippen LogP contribution is -2.15. The molecule has 7 nitrogen and oxygen atoms in total. The number of nitro groups is 1. The molecule has 0 atom stereocenters. The molecule has 0 saturated heterocycles. The summed E-state index contributed by atoms with van der Waals surface area (Å²) in [5.74, 6) is 0.548. The van der Waals surface area contributed by atoms with Gasteiger partial charge in [-0.2, -0.15) is 0 Å². The van der Waals surface area contributed by atoms with Crippen molar-refractivity contribution in [1.82, 2.24) is 9.97 Å². The molecular formula is C8H13N5O2. The standard InChI is InChI=1S/C8H13N5O2/c1-4-9-7-6(13(14)15)8(12(2)3)11-5-10-7/h5H,4H2,1-3H3,(H,9,10,11). The van der Waals surface area contributed by atoms with Gasteiger partial charge in [0, 0.05) is 20.6 Å². The fourth-order valence-electron chi connectivity index (χ4n) is 1.16. The SMILES string of the molecule is CCNc1ncnc(N(C)C)c1[N+](=O)[O-]. The number of nitrogens with zero attached hydrogens (tertiary/aromatic N) is 4. The minimum absolute atomic E-state index is 0.0932. The van der Waals surface area contributed by atoms with Crippen molar-refractivity contribution in [2.45, 2.75) is 6.92 Å². The number of hydrogen-bond acceptors (Lipinski definition) is 6. The Morgan fingerprint density at radius 2 is 2.20 bits per heavy atom. The molecule has 1 aromatic rings. The molecule has 0 aliphatic rings. The summed E-state index contributed by atoms with van der Waals surface area (Å²) in [6, 6.07) is 0. The van der Waals surface area contributed by atoms with Crippen molar-refractivity contribution in [3.63, 3.8) is 0 Å². The van der Waals surface area contributed by atoms with Crippen LogP contribution in [0.1, 0.15) is 6.92 Å². The lowest BCUT2D eigenvalue weighted by atomic mass is 10.4. The van der Waals surface area contributed by atoms with Gasteiger partial charge in [0.15, 0.2) is 0 Å². The first-order valence-corrected chi connectivity index (χ1v) is 4.48. The lowest BCUT2D eigenvalue weighted by Gasteiger charge is -2.12. The average molecular weight is 211 g/mol. The monoisotopic (exact) mass is 211 g/mol. The molecule has 0 saturated carbocycles. The molecule has 1 aromatic heterocycles. The van der Waals surface area contributed by atoms with Gasteiger partial charge < -0.3 is 10.2 Å². The van der Waals surface area contributed by atoms with Crippen LogP contribution < -0.4 is 10.2 Å². The predicted octanol–water partition coefficient (Wildman–Crippen LogP) is 0.883. The number of aromatic nitrogens is 2. The zero-order valence-corrected chi connectivity index (χ0v) is 8.89. The van der Waals surface area contributed by atoms with E-state index in [-0.39, 0.29) is 11.5 Å². The molecule has 0 spiro atoms. The van der Waals surface area contributed by atoms with E-state index in [0.717, 1.165) is 0 Å². The second kappa shape index (κ2) is 4.54. The maximum Gasteiger partial charge on any atom is 0.353 e. The summed E-state index contributed by atoms with van der Waals surface area (Å²) >= 11 is 0. The first-order chi connectivity index (χ1) is 7.07. The zero-order chi connectivity index (χ0) is 11.4. The Labute approximate surface area is 87.3 Å². The highest BCUT2D eigenvalue weighted by molar-refractivity contribution is 5.69. The van der Waals surface area contributed by atoms with Gasteiger partial charge in [-0.1, -0.05) is 0 Å². The van der Waals surface area contributed by atoms with Crippen LogP contribution in [0.4, 0.5) is 17.3 Å². The lowest BCUT2D eigenvalue weighted by molar-refractivity contribution is -0.383. The Kier molecular flexibility index (Phi) is 3.37. The Hall–Kier alpha value is -1.92. The highest BCUT2D eigenvalue weighted by Crippen LogP contribution is 2.29. The Morgan fingerprint density at radius 3 is 2.67 bits per heavy atom. The molecule has 1 rings (SSSR count). The van der Waals surface area contributed by atoms with Gasteiger partial charge in [-0.3, -0.25) is 10.1 Å². The summed E-state index contributed by atoms with van der Waals surface area (Å²) in [4.78, 5) is 19.7. The van der Waals surface area contributed by atoms with E-state index >= 15 is 0 Å². The Balaban J connectivity index is 3.28. The molecular weight excluding hydrogens is 198 g/mol. The molecule has 0 amide bonds. The summed E-state index contributed by atoms with van der Waals surface area (Å²) < 4.78 is 0. The van der Waals surface area contributed by atoms with E-state index in [0.29, 0.717) is 12.4 Å². The first-order valence-electron chi connectivity index (χ1n) is 4.48. The van der Waals surface area contributed by atoms with Crippen molar-refractivity contribution in [3.05, 3.63) is 16.4 Å². The van der Waals surface area contributed by atoms with Crippen LogP contribution in [0.25, 0.3) is 0 Å². The summed E-state index contributed by atoms with van der Waals surface area (Å²) in [6.07, 6.45) is 1.31. The average Bonchev–Trinajstić information content (AvgIpc) is 2.17. The van der Waals surface area contributed by atoms with Crippen molar-refractivity contribution in [1.29, 1.82) is 0 Å². The van der Waals surface area contributed by atoms with E-state index in [2.05, 4.69) is 15.3 Å². The third-order valence-corrected chi connectivity index (χ3v) is 1.75. The van der Waals surface area contributed by atoms with Gasteiger partial charge in [0.2, 0.25) is 11.6 Å². The molecule has 1 N–H and O–H groups in total. The Morgan fingerprint density at radius 1 is 1.53 bits per heavy atom. The van der Waals surface area contributed by atoms with Crippen LogP contribution in [0.2, 0.25) is 0 Å². The number of nitrogens with one attached hydrogen (secondary N) is 1. The van der Waals surface area contributed by atoms with Crippen LogP contribution in [0.3, 0.4) is 0 Å². The van der Waals surface area contributed by atoms with Gasteiger partial charge in [0.1, 0.15) is 6.33 Å². The van der Waals surface area contributed by atoms with E-state index in [1.165, 1.54) is 6.33 Å². The summed E-state index contributed by atoms with van der Waals surface area (Å²) in [5, 5.41) is 13.7. The molecule has 0 bridgehead atoms. The van der Waals surface area contributed by atoms with Crippen LogP contribution in [0.15, 0.2) is 6.33 Å². The van der Waals surface area contributed by atoms with E-state index in [1.54, 1.807) is 19.0 Å². The quantitative estimate of drug-likeness (QED) is 0.588. The van der Waals surface area contributed by atoms with Gasteiger partial charge in [0.25, 0.3) is 0 Å². The smallest absolute Gasteiger partial charge is 0.353 e. The van der Waals surface area contributed by atoms with Crippen LogP contribution in [-0.4, -0.2) is 35.5 Å². The molecule has 0 fully saturated rings. The first kappa shape index (κ1) is 11.2. The van der Waals surface area contributed by atoms with Crippen LogP contribution >= 0.6 is 0 Å². The highest BCUT2D eigenvalue weighted by atomic mass is 16.6. The predicted molar refractivity (Wildman–Crippen MR) is 57.2 cm³/mol. The van der Waals surface area contributed by atoms with E-state index < -0.39 is 4.92 Å². The number of anilines is 2. The van der Waals surface area contributed by atoms with Crippen molar-refractivity contribution in [2.24, 2.45) is 0 Å². The summed E-state index contributed by atoms with van der Waals surface area (Å²) in [5.41, 5.74) is -0.0932. The third-order valence-electron chi connectivity index (χ3n) is 1.75. The van der Waals surface area contributed by atoms with Crippen molar-refractivity contribution < 1.29 is 4.92 Å². The van der Waals surface area contributed by atoms with Crippen molar-refractivity contribution in [3.8, 4) is 0 Å². The van der Waals surface area contributed by atoms with Gasteiger partial charge in [-0.15, -0.1) is 0 Å². The maximum atomic E-state index is 10.9. The maximum absolute atomic E-state index is 10.9. The van der Waals surface area contributed by atoms with Gasteiger partial charge in [-0.25, -0.2) is 9.97 Å². The normalized spacial score (nSPS) is 9.80. The van der Waals surface area contributed by atoms with Crippen LogP contribution in [0, 0.1) is 10.1 Å². The zero-order valence-electron chi connectivity index (χ0n) is 8.89. The van der Waals surface area contributed by atoms with Gasteiger partial charge in [0.05, 0.1) is 4.92 Å². The third kappa shape index (κ3) is 2.30. The van der Waals surface area contributed by atoms with E-state index in [9.17, 15) is 10.1 Å². The fourth-order valence-corrected chi connectivity index (χ4v) is 1.16. The fraction of sp³-hybridized carbons (Fsp3) is 0.500. The molecule has 0 unspecified atom stereocenters. The van der Waals surface area contributed by atoms with Crippen LogP contribution in [0.5, 0.6) is 0 Å². The van der Waals surface area contributed by atoms with Crippen LogP contribution in [-0.2, 0) is 0 Å². The topological polar surface area (TPSA) is 84.2 Å². The van der Waals surface area contributed by atoms with E-state index in [1.807, 2.05) is 6.92 Å². The minimum Gasteiger partial charge on any atom is -0.364 e. The number of hydrogen-bond donors (Lipinski definition) is 1. The number of rotatable bonds is 4. The van der Waals surface area contributed by atoms with Gasteiger partial charge in [-0.05, 0) is 6.92 Å². The summed E-state index contributed by atoms with van der Waals surface area (Å²) in [6.45, 7) is 2.42. The molecule has 0 aromatic carbocycles. The van der Waals surface area contributed by atoms with Crippen molar-refractivity contribution >= 4 is 17.3 Å². The Bertz CT molecular complexity index is 366. The minimum atomic E-state index is -0.479. The highest BCUT2D eigenvalue weighted by Gasteiger charge is 2.23. The molecule has 1 heterocycles. The second-order valence-electron chi connectivity index (χ2n) is 3.08. The van der Waals surface area contributed by atoms with Gasteiger partial charge >= 0.3 is 5.69 Å². The molecule has 0 aliphatic heterocycles. The van der Waals surface area contributed by atoms with E-state index in [4.69, 9.17) is 0 Å². The molecule has 0 aliphatic carbocycles. The molecule has 15 heavy (non-hydrogen) atoms. The second-order valence-corrected chi connectivity index (χ2v) is 3.08. The largest absolute Gasteiger partial charge is 0.364 e. The molecule has 0 radical (unpaired) electrons. The van der Waals surface area contributed by atoms with Crippen molar-refractivity contribution in [2.75, 3.05) is 30.9 Å². The molecule has 82 valence electrons. The summed E-state index contributed by atoms with van der Waals surface area (Å²) in [7, 11) is 3.40.